The van der Waals surface area contributed by atoms with Gasteiger partial charge in [-0.1, -0.05) is 24.3 Å². The van der Waals surface area contributed by atoms with Crippen LogP contribution < -0.4 is 5.32 Å². The number of benzene rings is 3. The average molecular weight is 443 g/mol. The molecule has 0 amide bonds. The summed E-state index contributed by atoms with van der Waals surface area (Å²) in [7, 11) is 0. The molecule has 0 saturated carbocycles. The van der Waals surface area contributed by atoms with E-state index in [9.17, 15) is 23.1 Å². The van der Waals surface area contributed by atoms with E-state index in [1.807, 2.05) is 54.6 Å². The van der Waals surface area contributed by atoms with Crippen LogP contribution in [-0.2, 0) is 4.79 Å². The Labute approximate surface area is 179 Å². The van der Waals surface area contributed by atoms with E-state index in [-0.39, 0.29) is 5.56 Å². The monoisotopic (exact) mass is 443 g/mol. The van der Waals surface area contributed by atoms with Gasteiger partial charge in [0.05, 0.1) is 23.0 Å². The van der Waals surface area contributed by atoms with E-state index in [0.717, 1.165) is 22.3 Å². The third-order valence-electron chi connectivity index (χ3n) is 4.21. The Morgan fingerprint density at radius 2 is 1.56 bits per heavy atom. The summed E-state index contributed by atoms with van der Waals surface area (Å²) >= 11 is 0. The van der Waals surface area contributed by atoms with Crippen LogP contribution in [0.4, 0.5) is 24.5 Å². The van der Waals surface area contributed by atoms with Gasteiger partial charge in [-0.2, -0.15) is 18.3 Å². The number of para-hydroxylation sites is 1. The molecular weight excluding hydrogens is 427 g/mol. The number of hydrogen-bond donors (Lipinski definition) is 3. The molecule has 7 nitrogen and oxygen atoms in total. The van der Waals surface area contributed by atoms with Crippen LogP contribution in [0.2, 0.25) is 0 Å². The molecule has 0 fully saturated rings. The van der Waals surface area contributed by atoms with Gasteiger partial charge < -0.3 is 15.5 Å². The highest BCUT2D eigenvalue weighted by molar-refractivity contribution is 5.89. The summed E-state index contributed by atoms with van der Waals surface area (Å²) < 4.78 is 33.5. The highest BCUT2D eigenvalue weighted by Gasteiger charge is 2.38. The number of alkyl halides is 3. The molecule has 3 N–H and O–H groups in total. The number of aromatic nitrogens is 2. The maximum atomic E-state index is 11.2. The number of nitrogens with zero attached hydrogens (tertiary/aromatic N) is 2. The quantitative estimate of drug-likeness (QED) is 0.405. The number of aromatic carboxylic acids is 1. The van der Waals surface area contributed by atoms with E-state index in [1.165, 1.54) is 0 Å². The Bertz CT molecular complexity index is 1250. The highest BCUT2D eigenvalue weighted by atomic mass is 19.4. The molecule has 0 aliphatic carbocycles. The van der Waals surface area contributed by atoms with Gasteiger partial charge in [0.1, 0.15) is 0 Å². The first kappa shape index (κ1) is 22.3. The third kappa shape index (κ3) is 5.42. The second kappa shape index (κ2) is 9.21. The number of nitrogens with one attached hydrogen (secondary N) is 1. The van der Waals surface area contributed by atoms with E-state index in [1.54, 1.807) is 29.1 Å². The molecule has 0 spiro atoms. The van der Waals surface area contributed by atoms with Crippen molar-refractivity contribution in [3.63, 3.8) is 0 Å². The number of rotatable bonds is 4. The van der Waals surface area contributed by atoms with Crippen molar-refractivity contribution in [2.45, 2.75) is 6.18 Å². The highest BCUT2D eigenvalue weighted by Crippen LogP contribution is 2.24. The number of aliphatic carboxylic acids is 1. The van der Waals surface area contributed by atoms with Gasteiger partial charge in [0.2, 0.25) is 0 Å². The largest absolute Gasteiger partial charge is 0.490 e. The van der Waals surface area contributed by atoms with Gasteiger partial charge in [-0.05, 0) is 48.5 Å². The van der Waals surface area contributed by atoms with Gasteiger partial charge in [-0.15, -0.1) is 0 Å². The average Bonchev–Trinajstić information content (AvgIpc) is 3.17. The zero-order valence-corrected chi connectivity index (χ0v) is 16.2. The summed E-state index contributed by atoms with van der Waals surface area (Å²) in [5, 5.41) is 25.1. The van der Waals surface area contributed by atoms with Crippen LogP contribution in [0.1, 0.15) is 10.4 Å². The summed E-state index contributed by atoms with van der Waals surface area (Å²) in [5.41, 5.74) is 3.80. The van der Waals surface area contributed by atoms with Crippen LogP contribution in [0.25, 0.3) is 16.6 Å². The van der Waals surface area contributed by atoms with Crippen molar-refractivity contribution in [2.24, 2.45) is 0 Å². The van der Waals surface area contributed by atoms with E-state index in [4.69, 9.17) is 9.90 Å². The first-order valence-electron chi connectivity index (χ1n) is 9.09. The Morgan fingerprint density at radius 3 is 2.19 bits per heavy atom. The molecule has 0 radical (unpaired) electrons. The van der Waals surface area contributed by atoms with Crippen molar-refractivity contribution >= 4 is 34.2 Å². The summed E-state index contributed by atoms with van der Waals surface area (Å²) in [6, 6.07) is 22.7. The summed E-state index contributed by atoms with van der Waals surface area (Å²) in [6.07, 6.45) is -3.31. The fourth-order valence-corrected chi connectivity index (χ4v) is 2.76. The summed E-state index contributed by atoms with van der Waals surface area (Å²) in [4.78, 5) is 20.1. The molecule has 10 heteroatoms. The smallest absolute Gasteiger partial charge is 0.478 e. The second-order valence-electron chi connectivity index (χ2n) is 6.48. The standard InChI is InChI=1S/C20H15N3O2.C2HF3O2/c24-20(25)14-5-4-8-18(11-14)23-19-12-17(10-9-15(19)13-21-23)22-16-6-2-1-3-7-16;3-2(4,5)1(6)7/h1-13,22H,(H,24,25);(H,6,7). The van der Waals surface area contributed by atoms with Gasteiger partial charge >= 0.3 is 18.1 Å². The van der Waals surface area contributed by atoms with Crippen molar-refractivity contribution in [3.8, 4) is 5.69 Å². The van der Waals surface area contributed by atoms with Crippen LogP contribution in [0.15, 0.2) is 79.0 Å². The molecule has 1 heterocycles. The van der Waals surface area contributed by atoms with Gasteiger partial charge in [-0.3, -0.25) is 0 Å². The number of carboxylic acids is 2. The minimum Gasteiger partial charge on any atom is -0.478 e. The van der Waals surface area contributed by atoms with Gasteiger partial charge in [0, 0.05) is 16.8 Å². The number of halogens is 3. The molecule has 1 aromatic heterocycles. The van der Waals surface area contributed by atoms with Crippen LogP contribution >= 0.6 is 0 Å². The lowest BCUT2D eigenvalue weighted by molar-refractivity contribution is -0.192. The molecule has 0 aliphatic rings. The number of carboxylic acid groups (broad SMARTS) is 2. The summed E-state index contributed by atoms with van der Waals surface area (Å²) in [5.74, 6) is -3.71. The SMILES string of the molecule is O=C(O)C(F)(F)F.O=C(O)c1cccc(-n2ncc3ccc(Nc4ccccc4)cc32)c1. The fourth-order valence-electron chi connectivity index (χ4n) is 2.76. The lowest BCUT2D eigenvalue weighted by Gasteiger charge is -2.08. The lowest BCUT2D eigenvalue weighted by atomic mass is 10.2. The first-order valence-corrected chi connectivity index (χ1v) is 9.09. The molecule has 0 atom stereocenters. The molecule has 4 rings (SSSR count). The molecule has 0 unspecified atom stereocenters. The van der Waals surface area contributed by atoms with E-state index >= 15 is 0 Å². The Balaban J connectivity index is 0.000000360. The van der Waals surface area contributed by atoms with E-state index in [0.29, 0.717) is 5.69 Å². The van der Waals surface area contributed by atoms with Crippen molar-refractivity contribution < 1.29 is 33.0 Å². The van der Waals surface area contributed by atoms with Crippen LogP contribution in [-0.4, -0.2) is 38.1 Å². The third-order valence-corrected chi connectivity index (χ3v) is 4.21. The van der Waals surface area contributed by atoms with Crippen LogP contribution in [0, 0.1) is 0 Å². The van der Waals surface area contributed by atoms with Crippen molar-refractivity contribution in [3.05, 3.63) is 84.6 Å². The van der Waals surface area contributed by atoms with Crippen molar-refractivity contribution in [1.82, 2.24) is 9.78 Å². The molecule has 0 aliphatic heterocycles. The summed E-state index contributed by atoms with van der Waals surface area (Å²) in [6.45, 7) is 0. The van der Waals surface area contributed by atoms with Crippen LogP contribution in [0.5, 0.6) is 0 Å². The maximum absolute atomic E-state index is 11.2. The number of hydrogen-bond acceptors (Lipinski definition) is 4. The molecule has 32 heavy (non-hydrogen) atoms. The van der Waals surface area contributed by atoms with Crippen molar-refractivity contribution in [2.75, 3.05) is 5.32 Å². The predicted molar refractivity (Wildman–Crippen MR) is 111 cm³/mol. The molecule has 4 aromatic rings. The molecule has 0 saturated heterocycles. The first-order chi connectivity index (χ1) is 15.1. The number of fused-ring (bicyclic) bond motifs is 1. The van der Waals surface area contributed by atoms with Gasteiger partial charge in [0.15, 0.2) is 0 Å². The Kier molecular flexibility index (Phi) is 6.43. The molecule has 3 aromatic carbocycles. The molecular formula is C22H16F3N3O4. The fraction of sp³-hybridized carbons (Fsp3) is 0.0455. The lowest BCUT2D eigenvalue weighted by Crippen LogP contribution is -2.21. The van der Waals surface area contributed by atoms with Crippen molar-refractivity contribution in [1.29, 1.82) is 0 Å². The normalized spacial score (nSPS) is 10.8. The minimum absolute atomic E-state index is 0.236. The predicted octanol–water partition coefficient (Wildman–Crippen LogP) is 5.10. The zero-order chi connectivity index (χ0) is 23.3. The topological polar surface area (TPSA) is 104 Å². The number of carbonyl (C=O) groups is 2. The zero-order valence-electron chi connectivity index (χ0n) is 16.2. The Hall–Kier alpha value is -4.34. The van der Waals surface area contributed by atoms with Gasteiger partial charge in [0.25, 0.3) is 0 Å². The number of anilines is 2. The van der Waals surface area contributed by atoms with Gasteiger partial charge in [-0.25, -0.2) is 14.3 Å². The molecule has 0 bridgehead atoms. The minimum atomic E-state index is -5.08. The van der Waals surface area contributed by atoms with E-state index in [2.05, 4.69) is 10.4 Å². The second-order valence-corrected chi connectivity index (χ2v) is 6.48. The maximum Gasteiger partial charge on any atom is 0.490 e. The van der Waals surface area contributed by atoms with E-state index < -0.39 is 18.1 Å². The Morgan fingerprint density at radius 1 is 0.875 bits per heavy atom. The molecule has 164 valence electrons. The van der Waals surface area contributed by atoms with Crippen LogP contribution in [0.3, 0.4) is 0 Å².